The monoisotopic (exact) mass is 308 g/mol. The van der Waals surface area contributed by atoms with E-state index in [-0.39, 0.29) is 0 Å². The van der Waals surface area contributed by atoms with Crippen LogP contribution in [0.25, 0.3) is 5.70 Å². The second-order valence-corrected chi connectivity index (χ2v) is 5.96. The lowest BCUT2D eigenvalue weighted by Crippen LogP contribution is -2.24. The van der Waals surface area contributed by atoms with E-state index < -0.39 is 0 Å². The topological polar surface area (TPSA) is 15.3 Å². The van der Waals surface area contributed by atoms with Gasteiger partial charge in [-0.2, -0.15) is 0 Å². The van der Waals surface area contributed by atoms with E-state index in [0.29, 0.717) is 0 Å². The Balaban J connectivity index is 2.18. The van der Waals surface area contributed by atoms with Gasteiger partial charge in [0.25, 0.3) is 0 Å². The summed E-state index contributed by atoms with van der Waals surface area (Å²) in [6.45, 7) is 13.0. The highest BCUT2D eigenvalue weighted by molar-refractivity contribution is 5.78. The Hall–Kier alpha value is -2.22. The van der Waals surface area contributed by atoms with Crippen molar-refractivity contribution in [2.24, 2.45) is 0 Å². The van der Waals surface area contributed by atoms with Crippen LogP contribution in [-0.2, 0) is 0 Å². The number of aryl methyl sites for hydroxylation is 1. The summed E-state index contributed by atoms with van der Waals surface area (Å²) in [6.07, 6.45) is 2.32. The van der Waals surface area contributed by atoms with E-state index in [1.54, 1.807) is 0 Å². The Kier molecular flexibility index (Phi) is 6.28. The Morgan fingerprint density at radius 3 is 2.35 bits per heavy atom. The summed E-state index contributed by atoms with van der Waals surface area (Å²) in [7, 11) is 0. The van der Waals surface area contributed by atoms with Gasteiger partial charge in [0, 0.05) is 30.2 Å². The molecule has 0 atom stereocenters. The first-order valence-electron chi connectivity index (χ1n) is 8.52. The molecule has 23 heavy (non-hydrogen) atoms. The van der Waals surface area contributed by atoms with Crippen LogP contribution in [0.3, 0.4) is 0 Å². The summed E-state index contributed by atoms with van der Waals surface area (Å²) in [6, 6.07) is 17.0. The number of rotatable bonds is 8. The van der Waals surface area contributed by atoms with Crippen LogP contribution in [0.5, 0.6) is 0 Å². The van der Waals surface area contributed by atoms with E-state index in [0.717, 1.165) is 42.9 Å². The van der Waals surface area contributed by atoms with Gasteiger partial charge in [0.05, 0.1) is 0 Å². The van der Waals surface area contributed by atoms with Crippen molar-refractivity contribution >= 4 is 17.1 Å². The maximum absolute atomic E-state index is 4.22. The number of nitrogens with one attached hydrogen (secondary N) is 1. The average Bonchev–Trinajstić information content (AvgIpc) is 2.57. The van der Waals surface area contributed by atoms with Gasteiger partial charge in [-0.3, -0.25) is 0 Å². The molecule has 2 nitrogen and oxygen atoms in total. The smallest absolute Gasteiger partial charge is 0.0413 e. The van der Waals surface area contributed by atoms with Crippen molar-refractivity contribution in [3.05, 3.63) is 66.2 Å². The van der Waals surface area contributed by atoms with E-state index in [9.17, 15) is 0 Å². The van der Waals surface area contributed by atoms with Gasteiger partial charge >= 0.3 is 0 Å². The Morgan fingerprint density at radius 1 is 1.00 bits per heavy atom. The van der Waals surface area contributed by atoms with Gasteiger partial charge in [0.1, 0.15) is 0 Å². The van der Waals surface area contributed by atoms with E-state index in [1.807, 2.05) is 6.07 Å². The minimum atomic E-state index is 0.939. The average molecular weight is 308 g/mol. The maximum Gasteiger partial charge on any atom is 0.0413 e. The molecule has 0 heterocycles. The fourth-order valence-electron chi connectivity index (χ4n) is 2.75. The first-order valence-corrected chi connectivity index (χ1v) is 8.52. The zero-order valence-corrected chi connectivity index (χ0v) is 14.6. The van der Waals surface area contributed by atoms with Gasteiger partial charge in [-0.1, -0.05) is 50.8 Å². The number of nitrogens with zero attached hydrogens (tertiary/aromatic N) is 1. The molecule has 0 unspecified atom stereocenters. The Morgan fingerprint density at radius 2 is 1.70 bits per heavy atom. The molecule has 2 rings (SSSR count). The third-order valence-electron chi connectivity index (χ3n) is 3.98. The fourth-order valence-corrected chi connectivity index (χ4v) is 2.75. The molecule has 0 radical (unpaired) electrons. The summed E-state index contributed by atoms with van der Waals surface area (Å²) in [5.41, 5.74) is 5.70. The molecule has 0 fully saturated rings. The van der Waals surface area contributed by atoms with Crippen LogP contribution in [0, 0.1) is 6.92 Å². The van der Waals surface area contributed by atoms with Crippen molar-refractivity contribution < 1.29 is 0 Å². The first-order chi connectivity index (χ1) is 11.2. The molecule has 1 N–H and O–H groups in total. The van der Waals surface area contributed by atoms with Crippen LogP contribution in [0.2, 0.25) is 0 Å². The molecule has 0 aliphatic heterocycles. The van der Waals surface area contributed by atoms with Gasteiger partial charge in [0.15, 0.2) is 0 Å². The molecule has 0 bridgehead atoms. The van der Waals surface area contributed by atoms with Crippen LogP contribution in [-0.4, -0.2) is 13.1 Å². The number of para-hydroxylation sites is 1. The minimum absolute atomic E-state index is 0.939. The van der Waals surface area contributed by atoms with Crippen LogP contribution in [0.15, 0.2) is 55.1 Å². The lowest BCUT2D eigenvalue weighted by atomic mass is 10.1. The highest BCUT2D eigenvalue weighted by Gasteiger charge is 2.07. The molecule has 0 amide bonds. The number of hydrogen-bond acceptors (Lipinski definition) is 2. The largest absolute Gasteiger partial charge is 0.372 e. The lowest BCUT2D eigenvalue weighted by molar-refractivity contribution is 0.745. The molecular weight excluding hydrogens is 280 g/mol. The van der Waals surface area contributed by atoms with Crippen molar-refractivity contribution in [2.45, 2.75) is 33.6 Å². The molecule has 122 valence electrons. The van der Waals surface area contributed by atoms with E-state index >= 15 is 0 Å². The van der Waals surface area contributed by atoms with Gasteiger partial charge < -0.3 is 10.2 Å². The summed E-state index contributed by atoms with van der Waals surface area (Å²) in [5, 5.41) is 3.44. The molecule has 0 saturated heterocycles. The molecule has 0 saturated carbocycles. The fraction of sp³-hybridized carbons (Fsp3) is 0.333. The van der Waals surface area contributed by atoms with Gasteiger partial charge in [-0.25, -0.2) is 0 Å². The maximum atomic E-state index is 4.22. The van der Waals surface area contributed by atoms with E-state index in [2.05, 4.69) is 80.0 Å². The zero-order chi connectivity index (χ0) is 16.7. The first kappa shape index (κ1) is 17.1. The van der Waals surface area contributed by atoms with E-state index in [1.165, 1.54) is 11.3 Å². The minimum Gasteiger partial charge on any atom is -0.372 e. The standard InChI is InChI=1S/C21H28N2/c1-5-14-23(15-6-2)20-12-9-11-19(16-20)18(4)22-21-13-8-7-10-17(21)3/h7-13,16,22H,4-6,14-15H2,1-3H3. The molecule has 0 aliphatic carbocycles. The SMILES string of the molecule is C=C(Nc1ccccc1C)c1cccc(N(CCC)CCC)c1. The molecule has 2 aromatic carbocycles. The molecule has 0 spiro atoms. The third-order valence-corrected chi connectivity index (χ3v) is 3.98. The predicted octanol–water partition coefficient (Wildman–Crippen LogP) is 5.70. The molecule has 2 heteroatoms. The van der Waals surface area contributed by atoms with Crippen molar-refractivity contribution in [2.75, 3.05) is 23.3 Å². The highest BCUT2D eigenvalue weighted by Crippen LogP contribution is 2.24. The summed E-state index contributed by atoms with van der Waals surface area (Å²) >= 11 is 0. The highest BCUT2D eigenvalue weighted by atomic mass is 15.1. The second kappa shape index (κ2) is 8.42. The van der Waals surface area contributed by atoms with Gasteiger partial charge in [0.2, 0.25) is 0 Å². The molecule has 0 aliphatic rings. The Bertz CT molecular complexity index is 640. The van der Waals surface area contributed by atoms with Crippen molar-refractivity contribution in [1.29, 1.82) is 0 Å². The van der Waals surface area contributed by atoms with E-state index in [4.69, 9.17) is 0 Å². The predicted molar refractivity (Wildman–Crippen MR) is 103 cm³/mol. The molecule has 2 aromatic rings. The summed E-state index contributed by atoms with van der Waals surface area (Å²) in [5.74, 6) is 0. The van der Waals surface area contributed by atoms with Crippen molar-refractivity contribution in [3.8, 4) is 0 Å². The summed E-state index contributed by atoms with van der Waals surface area (Å²) < 4.78 is 0. The number of benzene rings is 2. The van der Waals surface area contributed by atoms with Crippen LogP contribution >= 0.6 is 0 Å². The zero-order valence-electron chi connectivity index (χ0n) is 14.6. The quantitative estimate of drug-likeness (QED) is 0.672. The van der Waals surface area contributed by atoms with Crippen molar-refractivity contribution in [3.63, 3.8) is 0 Å². The third kappa shape index (κ3) is 4.62. The van der Waals surface area contributed by atoms with Crippen LogP contribution in [0.1, 0.15) is 37.8 Å². The number of hydrogen-bond donors (Lipinski definition) is 1. The lowest BCUT2D eigenvalue weighted by Gasteiger charge is -2.24. The Labute approximate surface area is 140 Å². The normalized spacial score (nSPS) is 10.4. The van der Waals surface area contributed by atoms with Crippen LogP contribution < -0.4 is 10.2 Å². The van der Waals surface area contributed by atoms with Crippen LogP contribution in [0.4, 0.5) is 11.4 Å². The number of anilines is 2. The van der Waals surface area contributed by atoms with Gasteiger partial charge in [-0.15, -0.1) is 0 Å². The second-order valence-electron chi connectivity index (χ2n) is 5.96. The molecule has 0 aromatic heterocycles. The molecular formula is C21H28N2. The van der Waals surface area contributed by atoms with Gasteiger partial charge in [-0.05, 0) is 49.1 Å². The van der Waals surface area contributed by atoms with Crippen molar-refractivity contribution in [1.82, 2.24) is 0 Å². The summed E-state index contributed by atoms with van der Waals surface area (Å²) in [4.78, 5) is 2.45.